The lowest BCUT2D eigenvalue weighted by molar-refractivity contribution is 0.0717. The molecule has 2 aliphatic heterocycles. The number of carbonyl (C=O) groups excluding carboxylic acids is 2. The van der Waals surface area contributed by atoms with Gasteiger partial charge in [0.2, 0.25) is 0 Å². The minimum absolute atomic E-state index is 0.0134. The summed E-state index contributed by atoms with van der Waals surface area (Å²) in [4.78, 5) is 32.5. The van der Waals surface area contributed by atoms with Crippen LogP contribution in [0.2, 0.25) is 0 Å². The van der Waals surface area contributed by atoms with Gasteiger partial charge < -0.3 is 14.8 Å². The van der Waals surface area contributed by atoms with E-state index in [2.05, 4.69) is 10.3 Å². The fourth-order valence-electron chi connectivity index (χ4n) is 4.22. The first-order valence-corrected chi connectivity index (χ1v) is 10.4. The summed E-state index contributed by atoms with van der Waals surface area (Å²) >= 11 is 0. The molecule has 2 amide bonds. The van der Waals surface area contributed by atoms with E-state index in [0.29, 0.717) is 11.5 Å². The normalized spacial score (nSPS) is 17.7. The van der Waals surface area contributed by atoms with E-state index < -0.39 is 0 Å². The Balaban J connectivity index is 1.59. The van der Waals surface area contributed by atoms with Gasteiger partial charge >= 0.3 is 0 Å². The summed E-state index contributed by atoms with van der Waals surface area (Å²) in [5, 5.41) is 3.05. The van der Waals surface area contributed by atoms with Crippen LogP contribution >= 0.6 is 0 Å². The molecule has 1 fully saturated rings. The number of rotatable bonds is 4. The third-order valence-electron chi connectivity index (χ3n) is 5.81. The summed E-state index contributed by atoms with van der Waals surface area (Å²) in [5.41, 5.74) is 2.46. The number of aromatic nitrogens is 2. The Bertz CT molecular complexity index is 853. The van der Waals surface area contributed by atoms with Crippen LogP contribution in [0.15, 0.2) is 30.3 Å². The molecule has 3 heterocycles. The number of nitrogens with one attached hydrogen (secondary N) is 1. The van der Waals surface area contributed by atoms with Crippen LogP contribution in [0.1, 0.15) is 77.4 Å². The number of carbonyl (C=O) groups is 2. The fourth-order valence-corrected chi connectivity index (χ4v) is 4.22. The predicted molar refractivity (Wildman–Crippen MR) is 107 cm³/mol. The number of hydrogen-bond acceptors (Lipinski definition) is 3. The molecule has 1 aromatic carbocycles. The van der Waals surface area contributed by atoms with Gasteiger partial charge in [-0.3, -0.25) is 9.59 Å². The summed E-state index contributed by atoms with van der Waals surface area (Å²) in [5.74, 6) is 0.149. The van der Waals surface area contributed by atoms with Crippen molar-refractivity contribution in [2.24, 2.45) is 0 Å². The van der Waals surface area contributed by atoms with E-state index >= 15 is 0 Å². The molecule has 2 aliphatic rings. The molecule has 0 spiro atoms. The number of imidazole rings is 1. The first kappa shape index (κ1) is 18.7. The van der Waals surface area contributed by atoms with E-state index in [4.69, 9.17) is 0 Å². The van der Waals surface area contributed by atoms with Gasteiger partial charge in [-0.25, -0.2) is 4.98 Å². The third-order valence-corrected chi connectivity index (χ3v) is 5.81. The molecule has 0 bridgehead atoms. The molecule has 28 heavy (non-hydrogen) atoms. The Morgan fingerprint density at radius 2 is 1.71 bits per heavy atom. The lowest BCUT2D eigenvalue weighted by atomic mass is 10.1. The molecular weight excluding hydrogens is 352 g/mol. The number of nitrogens with zero attached hydrogens (tertiary/aromatic N) is 3. The Morgan fingerprint density at radius 1 is 1.00 bits per heavy atom. The van der Waals surface area contributed by atoms with Gasteiger partial charge in [-0.2, -0.15) is 0 Å². The summed E-state index contributed by atoms with van der Waals surface area (Å²) in [6.45, 7) is 4.29. The van der Waals surface area contributed by atoms with Gasteiger partial charge in [0.15, 0.2) is 5.82 Å². The maximum absolute atomic E-state index is 13.1. The molecule has 0 saturated carbocycles. The van der Waals surface area contributed by atoms with E-state index in [9.17, 15) is 9.59 Å². The van der Waals surface area contributed by atoms with Gasteiger partial charge in [-0.05, 0) is 51.0 Å². The molecule has 1 N–H and O–H groups in total. The van der Waals surface area contributed by atoms with E-state index in [-0.39, 0.29) is 17.9 Å². The van der Waals surface area contributed by atoms with E-state index in [1.54, 1.807) is 0 Å². The highest BCUT2D eigenvalue weighted by Gasteiger charge is 2.30. The standard InChI is InChI=1S/C22H28N4O2/c1-16(17-10-4-2-5-11-17)23-21(27)20-24-19(18-12-6-9-15-26(18)20)22(28)25-13-7-3-8-14-25/h2,4-5,10-11,16H,3,6-9,12-15H2,1H3,(H,23,27). The van der Waals surface area contributed by atoms with Crippen LogP contribution in [0.5, 0.6) is 0 Å². The molecule has 1 saturated heterocycles. The van der Waals surface area contributed by atoms with Crippen molar-refractivity contribution >= 4 is 11.8 Å². The van der Waals surface area contributed by atoms with Crippen molar-refractivity contribution in [3.05, 3.63) is 53.1 Å². The second-order valence-corrected chi connectivity index (χ2v) is 7.80. The van der Waals surface area contributed by atoms with E-state index in [1.807, 2.05) is 46.7 Å². The smallest absolute Gasteiger partial charge is 0.287 e. The van der Waals surface area contributed by atoms with Crippen molar-refractivity contribution in [3.8, 4) is 0 Å². The SMILES string of the molecule is CC(NC(=O)c1nc(C(=O)N2CCCCC2)c2n1CCCC2)c1ccccc1. The molecular formula is C22H28N4O2. The Labute approximate surface area is 165 Å². The largest absolute Gasteiger partial charge is 0.343 e. The second kappa shape index (κ2) is 8.17. The van der Waals surface area contributed by atoms with Crippen molar-refractivity contribution in [1.82, 2.24) is 19.8 Å². The fraction of sp³-hybridized carbons (Fsp3) is 0.500. The van der Waals surface area contributed by atoms with Crippen LogP contribution in [-0.2, 0) is 13.0 Å². The maximum Gasteiger partial charge on any atom is 0.287 e. The van der Waals surface area contributed by atoms with Crippen molar-refractivity contribution in [2.45, 2.75) is 58.0 Å². The Hall–Kier alpha value is -2.63. The van der Waals surface area contributed by atoms with Gasteiger partial charge in [0, 0.05) is 19.6 Å². The van der Waals surface area contributed by atoms with Gasteiger partial charge in [0.1, 0.15) is 5.69 Å². The molecule has 4 rings (SSSR count). The molecule has 1 aromatic heterocycles. The van der Waals surface area contributed by atoms with Gasteiger partial charge in [0.25, 0.3) is 11.8 Å². The molecule has 2 aromatic rings. The number of fused-ring (bicyclic) bond motifs is 1. The zero-order valence-electron chi connectivity index (χ0n) is 16.5. The number of likely N-dealkylation sites (tertiary alicyclic amines) is 1. The summed E-state index contributed by atoms with van der Waals surface area (Å²) in [6.07, 6.45) is 6.12. The average Bonchev–Trinajstić information content (AvgIpc) is 3.14. The highest BCUT2D eigenvalue weighted by atomic mass is 16.2. The van der Waals surface area contributed by atoms with Crippen LogP contribution in [0.4, 0.5) is 0 Å². The molecule has 6 heteroatoms. The molecule has 1 unspecified atom stereocenters. The topological polar surface area (TPSA) is 67.2 Å². The highest BCUT2D eigenvalue weighted by Crippen LogP contribution is 2.24. The van der Waals surface area contributed by atoms with Crippen LogP contribution in [-0.4, -0.2) is 39.4 Å². The number of amides is 2. The number of benzene rings is 1. The predicted octanol–water partition coefficient (Wildman–Crippen LogP) is 3.34. The van der Waals surface area contributed by atoms with Crippen LogP contribution in [0.25, 0.3) is 0 Å². The monoisotopic (exact) mass is 380 g/mol. The number of hydrogen-bond donors (Lipinski definition) is 1. The van der Waals surface area contributed by atoms with Crippen molar-refractivity contribution in [2.75, 3.05) is 13.1 Å². The summed E-state index contributed by atoms with van der Waals surface area (Å²) in [7, 11) is 0. The van der Waals surface area contributed by atoms with Gasteiger partial charge in [-0.15, -0.1) is 0 Å². The summed E-state index contributed by atoms with van der Waals surface area (Å²) in [6, 6.07) is 9.76. The maximum atomic E-state index is 13.1. The van der Waals surface area contributed by atoms with E-state index in [0.717, 1.165) is 63.0 Å². The Morgan fingerprint density at radius 3 is 2.46 bits per heavy atom. The van der Waals surface area contributed by atoms with Crippen LogP contribution < -0.4 is 5.32 Å². The van der Waals surface area contributed by atoms with Gasteiger partial charge in [-0.1, -0.05) is 30.3 Å². The average molecular weight is 380 g/mol. The lowest BCUT2D eigenvalue weighted by Crippen LogP contribution is -2.36. The minimum Gasteiger partial charge on any atom is -0.343 e. The van der Waals surface area contributed by atoms with Crippen molar-refractivity contribution in [1.29, 1.82) is 0 Å². The Kier molecular flexibility index (Phi) is 5.46. The molecule has 0 aliphatic carbocycles. The molecule has 0 radical (unpaired) electrons. The van der Waals surface area contributed by atoms with Crippen molar-refractivity contribution < 1.29 is 9.59 Å². The zero-order valence-corrected chi connectivity index (χ0v) is 16.5. The zero-order chi connectivity index (χ0) is 19.5. The van der Waals surface area contributed by atoms with Crippen molar-refractivity contribution in [3.63, 3.8) is 0 Å². The van der Waals surface area contributed by atoms with Crippen LogP contribution in [0.3, 0.4) is 0 Å². The molecule has 148 valence electrons. The first-order valence-electron chi connectivity index (χ1n) is 10.4. The van der Waals surface area contributed by atoms with Crippen LogP contribution in [0, 0.1) is 0 Å². The highest BCUT2D eigenvalue weighted by molar-refractivity contribution is 5.97. The number of piperidine rings is 1. The molecule has 6 nitrogen and oxygen atoms in total. The first-order chi connectivity index (χ1) is 13.6. The van der Waals surface area contributed by atoms with E-state index in [1.165, 1.54) is 6.42 Å². The third kappa shape index (κ3) is 3.68. The summed E-state index contributed by atoms with van der Waals surface area (Å²) < 4.78 is 1.97. The quantitative estimate of drug-likeness (QED) is 0.885. The molecule has 1 atom stereocenters. The minimum atomic E-state index is -0.211. The van der Waals surface area contributed by atoms with Gasteiger partial charge in [0.05, 0.1) is 11.7 Å². The second-order valence-electron chi connectivity index (χ2n) is 7.80. The lowest BCUT2D eigenvalue weighted by Gasteiger charge is -2.26.